The molecular formula is C14H15N2. The van der Waals surface area contributed by atoms with Crippen molar-refractivity contribution in [2.24, 2.45) is 0 Å². The lowest BCUT2D eigenvalue weighted by molar-refractivity contribution is 0.717. The van der Waals surface area contributed by atoms with Crippen LogP contribution in [0.1, 0.15) is 23.6 Å². The Balaban J connectivity index is 1.92. The fourth-order valence-electron chi connectivity index (χ4n) is 1.65. The van der Waals surface area contributed by atoms with Gasteiger partial charge in [-0.25, -0.2) is 0 Å². The van der Waals surface area contributed by atoms with E-state index in [1.165, 1.54) is 5.56 Å². The number of hydrogen-bond donors (Lipinski definition) is 0. The molecule has 0 aliphatic heterocycles. The topological polar surface area (TPSA) is 25.8 Å². The summed E-state index contributed by atoms with van der Waals surface area (Å²) in [6, 6.07) is 10.0. The highest BCUT2D eigenvalue weighted by atomic mass is 14.7. The first-order valence-corrected chi connectivity index (χ1v) is 5.49. The Bertz CT molecular complexity index is 411. The van der Waals surface area contributed by atoms with Gasteiger partial charge in [0.15, 0.2) is 0 Å². The molecule has 1 atom stereocenters. The van der Waals surface area contributed by atoms with Crippen LogP contribution < -0.4 is 0 Å². The third kappa shape index (κ3) is 2.89. The van der Waals surface area contributed by atoms with Gasteiger partial charge in [0, 0.05) is 24.3 Å². The molecule has 81 valence electrons. The number of hydrogen-bond acceptors (Lipinski definition) is 2. The molecule has 16 heavy (non-hydrogen) atoms. The Morgan fingerprint density at radius 3 is 2.75 bits per heavy atom. The summed E-state index contributed by atoms with van der Waals surface area (Å²) < 4.78 is 0. The maximum Gasteiger partial charge on any atom is 0.0403 e. The van der Waals surface area contributed by atoms with Crippen LogP contribution in [-0.4, -0.2) is 9.97 Å². The van der Waals surface area contributed by atoms with Crippen molar-refractivity contribution < 1.29 is 0 Å². The van der Waals surface area contributed by atoms with E-state index in [2.05, 4.69) is 29.0 Å². The number of aryl methyl sites for hydroxylation is 1. The maximum absolute atomic E-state index is 4.30. The summed E-state index contributed by atoms with van der Waals surface area (Å²) in [5, 5.41) is 0. The third-order valence-electron chi connectivity index (χ3n) is 2.63. The Labute approximate surface area is 96.4 Å². The minimum absolute atomic E-state index is 0.288. The smallest absolute Gasteiger partial charge is 0.0403 e. The van der Waals surface area contributed by atoms with E-state index in [-0.39, 0.29) is 5.92 Å². The van der Waals surface area contributed by atoms with Crippen LogP contribution in [0.2, 0.25) is 0 Å². The predicted molar refractivity (Wildman–Crippen MR) is 64.9 cm³/mol. The van der Waals surface area contributed by atoms with Gasteiger partial charge in [0.25, 0.3) is 0 Å². The van der Waals surface area contributed by atoms with Crippen molar-refractivity contribution in [1.82, 2.24) is 9.97 Å². The SMILES string of the molecule is [CH2]C(CCc1ccccn1)c1cccnc1. The van der Waals surface area contributed by atoms with Crippen LogP contribution in [-0.2, 0) is 6.42 Å². The second-order valence-corrected chi connectivity index (χ2v) is 3.84. The molecule has 0 aliphatic rings. The number of pyridine rings is 2. The van der Waals surface area contributed by atoms with Crippen LogP contribution in [0.5, 0.6) is 0 Å². The molecule has 0 aromatic carbocycles. The maximum atomic E-state index is 4.30. The van der Waals surface area contributed by atoms with Crippen molar-refractivity contribution in [2.45, 2.75) is 18.8 Å². The first-order valence-electron chi connectivity index (χ1n) is 5.49. The summed E-state index contributed by atoms with van der Waals surface area (Å²) in [5.41, 5.74) is 2.32. The van der Waals surface area contributed by atoms with E-state index < -0.39 is 0 Å². The summed E-state index contributed by atoms with van der Waals surface area (Å²) in [4.78, 5) is 8.41. The average Bonchev–Trinajstić information content (AvgIpc) is 2.38. The lowest BCUT2D eigenvalue weighted by atomic mass is 9.97. The van der Waals surface area contributed by atoms with Crippen molar-refractivity contribution in [3.63, 3.8) is 0 Å². The average molecular weight is 211 g/mol. The zero-order chi connectivity index (χ0) is 11.2. The Morgan fingerprint density at radius 2 is 2.06 bits per heavy atom. The molecule has 0 saturated carbocycles. The van der Waals surface area contributed by atoms with Crippen LogP contribution in [0.25, 0.3) is 0 Å². The standard InChI is InChI=1S/C14H15N2/c1-12(13-5-4-9-15-11-13)7-8-14-6-2-3-10-16-14/h2-6,9-12H,1,7-8H2. The van der Waals surface area contributed by atoms with Gasteiger partial charge in [-0.1, -0.05) is 12.1 Å². The molecule has 0 aliphatic carbocycles. The lowest BCUT2D eigenvalue weighted by Crippen LogP contribution is -1.98. The lowest BCUT2D eigenvalue weighted by Gasteiger charge is -2.10. The quantitative estimate of drug-likeness (QED) is 0.776. The zero-order valence-corrected chi connectivity index (χ0v) is 9.21. The van der Waals surface area contributed by atoms with Crippen LogP contribution in [0.4, 0.5) is 0 Å². The van der Waals surface area contributed by atoms with Gasteiger partial charge in [-0.15, -0.1) is 0 Å². The van der Waals surface area contributed by atoms with E-state index in [0.717, 1.165) is 18.5 Å². The summed E-state index contributed by atoms with van der Waals surface area (Å²) in [5.74, 6) is 0.288. The van der Waals surface area contributed by atoms with Gasteiger partial charge in [0.2, 0.25) is 0 Å². The molecule has 0 amide bonds. The van der Waals surface area contributed by atoms with E-state index in [1.807, 2.05) is 30.6 Å². The van der Waals surface area contributed by atoms with Gasteiger partial charge in [-0.3, -0.25) is 9.97 Å². The number of rotatable bonds is 4. The molecule has 1 unspecified atom stereocenters. The monoisotopic (exact) mass is 211 g/mol. The van der Waals surface area contributed by atoms with Gasteiger partial charge >= 0.3 is 0 Å². The van der Waals surface area contributed by atoms with E-state index in [4.69, 9.17) is 0 Å². The van der Waals surface area contributed by atoms with E-state index in [1.54, 1.807) is 6.20 Å². The Kier molecular flexibility index (Phi) is 3.65. The molecule has 2 aromatic rings. The van der Waals surface area contributed by atoms with Gasteiger partial charge < -0.3 is 0 Å². The number of aromatic nitrogens is 2. The highest BCUT2D eigenvalue weighted by Gasteiger charge is 2.05. The van der Waals surface area contributed by atoms with Crippen molar-refractivity contribution in [3.05, 3.63) is 67.1 Å². The van der Waals surface area contributed by atoms with Gasteiger partial charge in [-0.2, -0.15) is 0 Å². The molecule has 2 rings (SSSR count). The van der Waals surface area contributed by atoms with E-state index in [9.17, 15) is 0 Å². The summed E-state index contributed by atoms with van der Waals surface area (Å²) in [6.45, 7) is 4.16. The van der Waals surface area contributed by atoms with Crippen molar-refractivity contribution >= 4 is 0 Å². The second-order valence-electron chi connectivity index (χ2n) is 3.84. The first-order chi connectivity index (χ1) is 7.86. The molecule has 2 nitrogen and oxygen atoms in total. The van der Waals surface area contributed by atoms with Crippen LogP contribution in [0.3, 0.4) is 0 Å². The highest BCUT2D eigenvalue weighted by Crippen LogP contribution is 2.18. The van der Waals surface area contributed by atoms with Crippen molar-refractivity contribution in [3.8, 4) is 0 Å². The molecule has 0 N–H and O–H groups in total. The normalized spacial score (nSPS) is 12.3. The fraction of sp³-hybridized carbons (Fsp3) is 0.214. The van der Waals surface area contributed by atoms with Crippen molar-refractivity contribution in [1.29, 1.82) is 0 Å². The molecule has 0 bridgehead atoms. The molecule has 0 spiro atoms. The van der Waals surface area contributed by atoms with Crippen LogP contribution in [0.15, 0.2) is 48.9 Å². The van der Waals surface area contributed by atoms with Crippen LogP contribution in [0, 0.1) is 6.92 Å². The molecule has 0 fully saturated rings. The third-order valence-corrected chi connectivity index (χ3v) is 2.63. The largest absolute Gasteiger partial charge is 0.264 e. The molecule has 2 heteroatoms. The fourth-order valence-corrected chi connectivity index (χ4v) is 1.65. The highest BCUT2D eigenvalue weighted by molar-refractivity contribution is 5.16. The summed E-state index contributed by atoms with van der Waals surface area (Å²) in [6.07, 6.45) is 7.47. The minimum atomic E-state index is 0.288. The van der Waals surface area contributed by atoms with Crippen molar-refractivity contribution in [2.75, 3.05) is 0 Å². The summed E-state index contributed by atoms with van der Waals surface area (Å²) >= 11 is 0. The minimum Gasteiger partial charge on any atom is -0.264 e. The van der Waals surface area contributed by atoms with E-state index >= 15 is 0 Å². The van der Waals surface area contributed by atoms with E-state index in [0.29, 0.717) is 0 Å². The Hall–Kier alpha value is -1.70. The first kappa shape index (κ1) is 10.8. The Morgan fingerprint density at radius 1 is 1.12 bits per heavy atom. The van der Waals surface area contributed by atoms with Gasteiger partial charge in [0.05, 0.1) is 0 Å². The molecule has 2 heterocycles. The number of nitrogens with zero attached hydrogens (tertiary/aromatic N) is 2. The van der Waals surface area contributed by atoms with Gasteiger partial charge in [-0.05, 0) is 49.4 Å². The summed E-state index contributed by atoms with van der Waals surface area (Å²) in [7, 11) is 0. The molecule has 2 aromatic heterocycles. The second kappa shape index (κ2) is 5.40. The van der Waals surface area contributed by atoms with Crippen LogP contribution >= 0.6 is 0 Å². The van der Waals surface area contributed by atoms with Gasteiger partial charge in [0.1, 0.15) is 0 Å². The molecule has 1 radical (unpaired) electrons. The predicted octanol–water partition coefficient (Wildman–Crippen LogP) is 3.03. The molecule has 0 saturated heterocycles. The zero-order valence-electron chi connectivity index (χ0n) is 9.21. The molecular weight excluding hydrogens is 196 g/mol.